The Morgan fingerprint density at radius 2 is 1.81 bits per heavy atom. The quantitative estimate of drug-likeness (QED) is 0.490. The van der Waals surface area contributed by atoms with E-state index in [1.165, 1.54) is 31.5 Å². The van der Waals surface area contributed by atoms with Gasteiger partial charge >= 0.3 is 6.18 Å². The lowest BCUT2D eigenvalue weighted by Crippen LogP contribution is -2.39. The van der Waals surface area contributed by atoms with Gasteiger partial charge in [0.25, 0.3) is 5.91 Å². The number of benzene rings is 1. The van der Waals surface area contributed by atoms with Crippen LogP contribution in [0.25, 0.3) is 11.1 Å². The van der Waals surface area contributed by atoms with Crippen LogP contribution in [0, 0.1) is 11.6 Å². The summed E-state index contributed by atoms with van der Waals surface area (Å²) in [4.78, 5) is 21.6. The van der Waals surface area contributed by atoms with Crippen LogP contribution in [-0.2, 0) is 6.18 Å². The number of hydrogen-bond acceptors (Lipinski definition) is 6. The van der Waals surface area contributed by atoms with Crippen molar-refractivity contribution >= 4 is 11.7 Å². The summed E-state index contributed by atoms with van der Waals surface area (Å²) in [6, 6.07) is 6.47. The molecule has 2 aromatic heterocycles. The molecule has 1 saturated heterocycles. The molecule has 0 radical (unpaired) electrons. The Labute approximate surface area is 202 Å². The first-order valence-corrected chi connectivity index (χ1v) is 10.9. The summed E-state index contributed by atoms with van der Waals surface area (Å²) in [7, 11) is 1.29. The van der Waals surface area contributed by atoms with Crippen molar-refractivity contribution in [2.45, 2.75) is 25.1 Å². The number of rotatable bonds is 6. The molecule has 3 heterocycles. The first-order chi connectivity index (χ1) is 17.1. The van der Waals surface area contributed by atoms with Gasteiger partial charge in [-0.2, -0.15) is 13.2 Å². The number of ether oxygens (including phenoxy) is 2. The van der Waals surface area contributed by atoms with E-state index in [4.69, 9.17) is 15.2 Å². The molecule has 1 amide bonds. The van der Waals surface area contributed by atoms with E-state index >= 15 is 0 Å². The van der Waals surface area contributed by atoms with E-state index in [1.807, 2.05) is 0 Å². The van der Waals surface area contributed by atoms with Gasteiger partial charge in [-0.15, -0.1) is 0 Å². The number of alkyl halides is 3. The molecule has 1 aliphatic heterocycles. The fourth-order valence-corrected chi connectivity index (χ4v) is 4.05. The zero-order chi connectivity index (χ0) is 26.0. The Kier molecular flexibility index (Phi) is 6.95. The number of halogens is 5. The molecule has 4 rings (SSSR count). The minimum absolute atomic E-state index is 0.00742. The molecule has 1 fully saturated rings. The highest BCUT2D eigenvalue weighted by Gasteiger charge is 2.35. The van der Waals surface area contributed by atoms with Gasteiger partial charge in [-0.1, -0.05) is 0 Å². The molecule has 1 aliphatic rings. The van der Waals surface area contributed by atoms with Crippen LogP contribution in [0.3, 0.4) is 0 Å². The van der Waals surface area contributed by atoms with Gasteiger partial charge in [-0.25, -0.2) is 18.7 Å². The zero-order valence-electron chi connectivity index (χ0n) is 19.0. The lowest BCUT2D eigenvalue weighted by Gasteiger charge is -2.34. The van der Waals surface area contributed by atoms with E-state index in [0.717, 1.165) is 12.1 Å². The van der Waals surface area contributed by atoms with E-state index < -0.39 is 35.5 Å². The minimum Gasteiger partial charge on any atom is -0.487 e. The smallest absolute Gasteiger partial charge is 0.433 e. The van der Waals surface area contributed by atoms with E-state index in [0.29, 0.717) is 18.9 Å². The maximum absolute atomic E-state index is 14.0. The van der Waals surface area contributed by atoms with Gasteiger partial charge in [-0.05, 0) is 30.3 Å². The van der Waals surface area contributed by atoms with Crippen molar-refractivity contribution < 1.29 is 36.2 Å². The van der Waals surface area contributed by atoms with Crippen molar-refractivity contribution in [2.75, 3.05) is 25.1 Å². The van der Waals surface area contributed by atoms with Crippen LogP contribution >= 0.6 is 0 Å². The van der Waals surface area contributed by atoms with Crippen LogP contribution in [0.15, 0.2) is 42.6 Å². The highest BCUT2D eigenvalue weighted by Crippen LogP contribution is 2.38. The normalized spacial score (nSPS) is 14.6. The third-order valence-electron chi connectivity index (χ3n) is 5.74. The molecule has 0 spiro atoms. The molecule has 0 saturated carbocycles. The molecule has 0 bridgehead atoms. The highest BCUT2D eigenvalue weighted by atomic mass is 19.4. The number of primary amides is 1. The second-order valence-corrected chi connectivity index (χ2v) is 8.05. The molecule has 0 aliphatic carbocycles. The summed E-state index contributed by atoms with van der Waals surface area (Å²) in [6.07, 6.45) is -3.14. The van der Waals surface area contributed by atoms with Crippen LogP contribution in [-0.4, -0.2) is 42.2 Å². The van der Waals surface area contributed by atoms with Crippen LogP contribution in [0.5, 0.6) is 11.6 Å². The van der Waals surface area contributed by atoms with Crippen molar-refractivity contribution in [1.82, 2.24) is 9.97 Å². The predicted molar refractivity (Wildman–Crippen MR) is 120 cm³/mol. The summed E-state index contributed by atoms with van der Waals surface area (Å²) in [5, 5.41) is 0. The largest absolute Gasteiger partial charge is 0.487 e. The molecular formula is C24H21F5N4O3. The molecule has 36 heavy (non-hydrogen) atoms. The fourth-order valence-electron chi connectivity index (χ4n) is 4.05. The Bertz CT molecular complexity index is 1280. The number of nitrogens with zero attached hydrogens (tertiary/aromatic N) is 3. The summed E-state index contributed by atoms with van der Waals surface area (Å²) >= 11 is 0. The average molecular weight is 508 g/mol. The maximum Gasteiger partial charge on any atom is 0.433 e. The van der Waals surface area contributed by atoms with Gasteiger partial charge in [0.05, 0.1) is 7.11 Å². The Morgan fingerprint density at radius 1 is 1.08 bits per heavy atom. The van der Waals surface area contributed by atoms with Crippen molar-refractivity contribution in [3.8, 4) is 22.8 Å². The number of carbonyl (C=O) groups excluding carboxylic acids is 1. The van der Waals surface area contributed by atoms with Crippen LogP contribution < -0.4 is 20.1 Å². The SMILES string of the molecule is COc1nccc(-c2ccc(C(F)(F)F)nc2N2CCC(Oc3ccc(F)cc3F)CC2)c1C(N)=O. The lowest BCUT2D eigenvalue weighted by atomic mass is 9.99. The third-order valence-corrected chi connectivity index (χ3v) is 5.74. The zero-order valence-corrected chi connectivity index (χ0v) is 19.0. The van der Waals surface area contributed by atoms with Crippen molar-refractivity contribution in [3.63, 3.8) is 0 Å². The second kappa shape index (κ2) is 9.96. The van der Waals surface area contributed by atoms with Gasteiger partial charge in [0, 0.05) is 49.3 Å². The summed E-state index contributed by atoms with van der Waals surface area (Å²) in [5.74, 6) is -2.63. The molecule has 12 heteroatoms. The monoisotopic (exact) mass is 508 g/mol. The number of carbonyl (C=O) groups is 1. The van der Waals surface area contributed by atoms with Gasteiger partial charge < -0.3 is 20.1 Å². The molecule has 3 aromatic rings. The number of amides is 1. The first kappa shape index (κ1) is 25.1. The number of methoxy groups -OCH3 is 1. The number of aromatic nitrogens is 2. The molecule has 2 N–H and O–H groups in total. The number of nitrogens with two attached hydrogens (primary N) is 1. The topological polar surface area (TPSA) is 90.6 Å². The van der Waals surface area contributed by atoms with Gasteiger partial charge in [0.1, 0.15) is 29.0 Å². The van der Waals surface area contributed by atoms with Crippen molar-refractivity contribution in [1.29, 1.82) is 0 Å². The number of anilines is 1. The second-order valence-electron chi connectivity index (χ2n) is 8.05. The van der Waals surface area contributed by atoms with Crippen LogP contribution in [0.1, 0.15) is 28.9 Å². The highest BCUT2D eigenvalue weighted by molar-refractivity contribution is 6.03. The third kappa shape index (κ3) is 5.16. The lowest BCUT2D eigenvalue weighted by molar-refractivity contribution is -0.141. The number of pyridine rings is 2. The number of hydrogen-bond donors (Lipinski definition) is 1. The minimum atomic E-state index is -4.70. The van der Waals surface area contributed by atoms with E-state index in [-0.39, 0.29) is 47.2 Å². The Morgan fingerprint density at radius 3 is 2.42 bits per heavy atom. The van der Waals surface area contributed by atoms with Gasteiger partial charge in [0.15, 0.2) is 11.6 Å². The number of piperidine rings is 1. The van der Waals surface area contributed by atoms with Crippen LogP contribution in [0.4, 0.5) is 27.8 Å². The molecule has 0 atom stereocenters. The van der Waals surface area contributed by atoms with Crippen LogP contribution in [0.2, 0.25) is 0 Å². The first-order valence-electron chi connectivity index (χ1n) is 10.9. The Hall–Kier alpha value is -3.96. The van der Waals surface area contributed by atoms with E-state index in [2.05, 4.69) is 9.97 Å². The summed E-state index contributed by atoms with van der Waals surface area (Å²) < 4.78 is 78.4. The fraction of sp³-hybridized carbons (Fsp3) is 0.292. The van der Waals surface area contributed by atoms with Gasteiger partial charge in [0.2, 0.25) is 5.88 Å². The standard InChI is InChI=1S/C24H21F5N4O3/c1-35-23-20(21(30)34)15(6-9-31-23)16-3-5-19(24(27,28)29)32-22(16)33-10-7-14(8-11-33)36-18-4-2-13(25)12-17(18)26/h2-6,9,12,14H,7-8,10-11H2,1H3,(H2,30,34). The average Bonchev–Trinajstić information content (AvgIpc) is 2.84. The van der Waals surface area contributed by atoms with E-state index in [9.17, 15) is 26.7 Å². The van der Waals surface area contributed by atoms with E-state index in [1.54, 1.807) is 4.90 Å². The Balaban J connectivity index is 1.67. The summed E-state index contributed by atoms with van der Waals surface area (Å²) in [5.41, 5.74) is 4.79. The molecular weight excluding hydrogens is 487 g/mol. The van der Waals surface area contributed by atoms with Crippen molar-refractivity contribution in [3.05, 3.63) is 65.5 Å². The molecule has 1 aromatic carbocycles. The summed E-state index contributed by atoms with van der Waals surface area (Å²) in [6.45, 7) is 0.450. The predicted octanol–water partition coefficient (Wildman–Crippen LogP) is 4.60. The molecule has 7 nitrogen and oxygen atoms in total. The molecule has 190 valence electrons. The van der Waals surface area contributed by atoms with Gasteiger partial charge in [-0.3, -0.25) is 4.79 Å². The van der Waals surface area contributed by atoms with Crippen molar-refractivity contribution in [2.24, 2.45) is 5.73 Å². The maximum atomic E-state index is 14.0. The molecule has 0 unspecified atom stereocenters.